The van der Waals surface area contributed by atoms with E-state index >= 15 is 0 Å². The first-order valence-corrected chi connectivity index (χ1v) is 7.17. The Kier molecular flexibility index (Phi) is 4.63. The molecule has 6 nitrogen and oxygen atoms in total. The first kappa shape index (κ1) is 14.1. The second-order valence-electron chi connectivity index (χ2n) is 5.70. The van der Waals surface area contributed by atoms with E-state index in [1.807, 2.05) is 4.90 Å². The zero-order valence-corrected chi connectivity index (χ0v) is 11.3. The molecule has 1 aliphatic heterocycles. The van der Waals surface area contributed by atoms with Crippen LogP contribution in [-0.4, -0.2) is 42.0 Å². The summed E-state index contributed by atoms with van der Waals surface area (Å²) in [5, 5.41) is 2.62. The standard InChI is InChI=1S/C13H24N4O2/c14-10-5-4-9(7-10)12(18)17-6-2-1-3-11(17)8-16-13(15)19/h9-11H,1-8,14H2,(H3,15,16,19). The third-order valence-corrected chi connectivity index (χ3v) is 4.24. The van der Waals surface area contributed by atoms with Gasteiger partial charge >= 0.3 is 6.03 Å². The van der Waals surface area contributed by atoms with Gasteiger partial charge in [0.1, 0.15) is 0 Å². The van der Waals surface area contributed by atoms with Crippen LogP contribution in [0.1, 0.15) is 38.5 Å². The van der Waals surface area contributed by atoms with Crippen LogP contribution in [0.2, 0.25) is 0 Å². The van der Waals surface area contributed by atoms with Crippen molar-refractivity contribution < 1.29 is 9.59 Å². The van der Waals surface area contributed by atoms with Crippen molar-refractivity contribution in [2.75, 3.05) is 13.1 Å². The van der Waals surface area contributed by atoms with Gasteiger partial charge in [0.25, 0.3) is 0 Å². The second-order valence-corrected chi connectivity index (χ2v) is 5.70. The molecule has 0 aromatic rings. The van der Waals surface area contributed by atoms with Gasteiger partial charge in [0.15, 0.2) is 0 Å². The molecule has 0 radical (unpaired) electrons. The number of piperidine rings is 1. The molecule has 2 fully saturated rings. The molecule has 0 aromatic carbocycles. The highest BCUT2D eigenvalue weighted by molar-refractivity contribution is 5.80. The van der Waals surface area contributed by atoms with Crippen molar-refractivity contribution in [3.8, 4) is 0 Å². The molecule has 2 rings (SSSR count). The fourth-order valence-electron chi connectivity index (χ4n) is 3.20. The SMILES string of the molecule is NC(=O)NCC1CCCCN1C(=O)C1CCC(N)C1. The molecule has 0 spiro atoms. The minimum absolute atomic E-state index is 0.0733. The van der Waals surface area contributed by atoms with Crippen LogP contribution < -0.4 is 16.8 Å². The number of carbonyl (C=O) groups excluding carboxylic acids is 2. The summed E-state index contributed by atoms with van der Waals surface area (Å²) in [6.45, 7) is 1.25. The average molecular weight is 268 g/mol. The minimum atomic E-state index is -0.527. The quantitative estimate of drug-likeness (QED) is 0.679. The lowest BCUT2D eigenvalue weighted by atomic mass is 9.98. The summed E-state index contributed by atoms with van der Waals surface area (Å²) >= 11 is 0. The number of urea groups is 1. The third-order valence-electron chi connectivity index (χ3n) is 4.24. The van der Waals surface area contributed by atoms with E-state index < -0.39 is 6.03 Å². The van der Waals surface area contributed by atoms with Gasteiger partial charge in [-0.15, -0.1) is 0 Å². The fraction of sp³-hybridized carbons (Fsp3) is 0.846. The number of nitrogens with two attached hydrogens (primary N) is 2. The minimum Gasteiger partial charge on any atom is -0.352 e. The number of rotatable bonds is 3. The van der Waals surface area contributed by atoms with Crippen LogP contribution in [0, 0.1) is 5.92 Å². The molecular formula is C13H24N4O2. The molecule has 0 bridgehead atoms. The Labute approximate surface area is 113 Å². The topological polar surface area (TPSA) is 101 Å². The van der Waals surface area contributed by atoms with Crippen LogP contribution in [0.15, 0.2) is 0 Å². The number of nitrogens with one attached hydrogen (secondary N) is 1. The van der Waals surface area contributed by atoms with E-state index in [9.17, 15) is 9.59 Å². The maximum atomic E-state index is 12.5. The van der Waals surface area contributed by atoms with Gasteiger partial charge in [0.05, 0.1) is 0 Å². The maximum Gasteiger partial charge on any atom is 0.312 e. The second kappa shape index (κ2) is 6.23. The molecule has 0 aromatic heterocycles. The normalized spacial score (nSPS) is 31.2. The van der Waals surface area contributed by atoms with Gasteiger partial charge in [-0.1, -0.05) is 0 Å². The maximum absolute atomic E-state index is 12.5. The van der Waals surface area contributed by atoms with E-state index in [1.165, 1.54) is 0 Å². The summed E-state index contributed by atoms with van der Waals surface area (Å²) in [6, 6.07) is -0.271. The number of carbonyl (C=O) groups is 2. The van der Waals surface area contributed by atoms with E-state index in [1.54, 1.807) is 0 Å². The number of nitrogens with zero attached hydrogens (tertiary/aromatic N) is 1. The van der Waals surface area contributed by atoms with Gasteiger partial charge in [-0.3, -0.25) is 4.79 Å². The number of likely N-dealkylation sites (tertiary alicyclic amines) is 1. The largest absolute Gasteiger partial charge is 0.352 e. The smallest absolute Gasteiger partial charge is 0.312 e. The molecule has 2 aliphatic rings. The van der Waals surface area contributed by atoms with Crippen LogP contribution in [0.5, 0.6) is 0 Å². The molecule has 6 heteroatoms. The van der Waals surface area contributed by atoms with Crippen molar-refractivity contribution in [1.82, 2.24) is 10.2 Å². The highest BCUT2D eigenvalue weighted by Crippen LogP contribution is 2.28. The molecular weight excluding hydrogens is 244 g/mol. The van der Waals surface area contributed by atoms with Crippen LogP contribution >= 0.6 is 0 Å². The van der Waals surface area contributed by atoms with E-state index in [0.29, 0.717) is 6.54 Å². The highest BCUT2D eigenvalue weighted by Gasteiger charge is 2.35. The number of hydrogen-bond donors (Lipinski definition) is 3. The highest BCUT2D eigenvalue weighted by atomic mass is 16.2. The van der Waals surface area contributed by atoms with E-state index in [-0.39, 0.29) is 23.9 Å². The van der Waals surface area contributed by atoms with Crippen LogP contribution in [0.4, 0.5) is 4.79 Å². The van der Waals surface area contributed by atoms with Crippen molar-refractivity contribution in [3.05, 3.63) is 0 Å². The summed E-state index contributed by atoms with van der Waals surface area (Å²) < 4.78 is 0. The molecule has 19 heavy (non-hydrogen) atoms. The molecule has 3 unspecified atom stereocenters. The summed E-state index contributed by atoms with van der Waals surface area (Å²) in [4.78, 5) is 25.3. The van der Waals surface area contributed by atoms with E-state index in [0.717, 1.165) is 45.1 Å². The molecule has 3 atom stereocenters. The van der Waals surface area contributed by atoms with Gasteiger partial charge in [-0.25, -0.2) is 4.79 Å². The summed E-state index contributed by atoms with van der Waals surface area (Å²) in [7, 11) is 0. The first-order valence-electron chi connectivity index (χ1n) is 7.17. The molecule has 1 saturated heterocycles. The first-order chi connectivity index (χ1) is 9.08. The van der Waals surface area contributed by atoms with Crippen LogP contribution in [0.3, 0.4) is 0 Å². The van der Waals surface area contributed by atoms with E-state index in [4.69, 9.17) is 11.5 Å². The fourth-order valence-corrected chi connectivity index (χ4v) is 3.20. The lowest BCUT2D eigenvalue weighted by Crippen LogP contribution is -2.51. The molecule has 1 aliphatic carbocycles. The van der Waals surface area contributed by atoms with Gasteiger partial charge < -0.3 is 21.7 Å². The number of amides is 3. The zero-order chi connectivity index (χ0) is 13.8. The summed E-state index contributed by atoms with van der Waals surface area (Å²) in [6.07, 6.45) is 5.70. The monoisotopic (exact) mass is 268 g/mol. The Hall–Kier alpha value is -1.30. The van der Waals surface area contributed by atoms with Gasteiger partial charge in [0, 0.05) is 31.1 Å². The van der Waals surface area contributed by atoms with Gasteiger partial charge in [-0.05, 0) is 38.5 Å². The summed E-state index contributed by atoms with van der Waals surface area (Å²) in [5.74, 6) is 0.285. The lowest BCUT2D eigenvalue weighted by Gasteiger charge is -2.37. The van der Waals surface area contributed by atoms with Crippen LogP contribution in [0.25, 0.3) is 0 Å². The van der Waals surface area contributed by atoms with E-state index in [2.05, 4.69) is 5.32 Å². The van der Waals surface area contributed by atoms with Crippen molar-refractivity contribution in [3.63, 3.8) is 0 Å². The lowest BCUT2D eigenvalue weighted by molar-refractivity contribution is -0.139. The average Bonchev–Trinajstić information content (AvgIpc) is 2.82. The number of primary amides is 1. The van der Waals surface area contributed by atoms with Crippen molar-refractivity contribution in [2.24, 2.45) is 17.4 Å². The Morgan fingerprint density at radius 2 is 2.00 bits per heavy atom. The van der Waals surface area contributed by atoms with Crippen LogP contribution in [-0.2, 0) is 4.79 Å². The Morgan fingerprint density at radius 3 is 2.63 bits per heavy atom. The Bertz CT molecular complexity index is 348. The predicted octanol–water partition coefficient (Wildman–Crippen LogP) is 0.163. The number of hydrogen-bond acceptors (Lipinski definition) is 3. The Morgan fingerprint density at radius 1 is 1.21 bits per heavy atom. The molecule has 3 amide bonds. The molecule has 108 valence electrons. The zero-order valence-electron chi connectivity index (χ0n) is 11.3. The third kappa shape index (κ3) is 3.59. The predicted molar refractivity (Wildman–Crippen MR) is 72.3 cm³/mol. The molecule has 1 heterocycles. The van der Waals surface area contributed by atoms with Crippen molar-refractivity contribution >= 4 is 11.9 Å². The summed E-state index contributed by atoms with van der Waals surface area (Å²) in [5.41, 5.74) is 11.0. The van der Waals surface area contributed by atoms with Gasteiger partial charge in [-0.2, -0.15) is 0 Å². The molecule has 5 N–H and O–H groups in total. The van der Waals surface area contributed by atoms with Crippen molar-refractivity contribution in [2.45, 2.75) is 50.6 Å². The molecule has 1 saturated carbocycles. The Balaban J connectivity index is 1.94. The van der Waals surface area contributed by atoms with Gasteiger partial charge in [0.2, 0.25) is 5.91 Å². The van der Waals surface area contributed by atoms with Crippen molar-refractivity contribution in [1.29, 1.82) is 0 Å².